The number of thiazole rings is 1. The summed E-state index contributed by atoms with van der Waals surface area (Å²) in [6.45, 7) is 5.46. The maximum absolute atomic E-state index is 11.0. The number of aliphatic hydroxyl groups is 1. The van der Waals surface area contributed by atoms with E-state index < -0.39 is 5.60 Å². The van der Waals surface area contributed by atoms with Gasteiger partial charge in [-0.2, -0.15) is 0 Å². The van der Waals surface area contributed by atoms with Gasteiger partial charge in [0.2, 0.25) is 0 Å². The molecule has 0 amide bonds. The predicted octanol–water partition coefficient (Wildman–Crippen LogP) is 3.07. The van der Waals surface area contributed by atoms with Crippen LogP contribution in [0.15, 0.2) is 24.3 Å². The Hall–Kier alpha value is -1.23. The van der Waals surface area contributed by atoms with Gasteiger partial charge in [-0.3, -0.25) is 0 Å². The third-order valence-electron chi connectivity index (χ3n) is 4.26. The zero-order chi connectivity index (χ0) is 14.9. The van der Waals surface area contributed by atoms with E-state index in [9.17, 15) is 5.11 Å². The molecule has 1 aliphatic carbocycles. The first kappa shape index (κ1) is 14.7. The fourth-order valence-corrected chi connectivity index (χ4v) is 4.11. The summed E-state index contributed by atoms with van der Waals surface area (Å²) in [6.07, 6.45) is 2.96. The van der Waals surface area contributed by atoms with E-state index in [4.69, 9.17) is 0 Å². The van der Waals surface area contributed by atoms with E-state index in [1.54, 1.807) is 11.3 Å². The second-order valence-corrected chi connectivity index (χ2v) is 7.18. The average molecular weight is 302 g/mol. The summed E-state index contributed by atoms with van der Waals surface area (Å²) in [4.78, 5) is 5.71. The number of aromatic nitrogens is 1. The van der Waals surface area contributed by atoms with Crippen molar-refractivity contribution in [2.24, 2.45) is 0 Å². The van der Waals surface area contributed by atoms with Crippen molar-refractivity contribution < 1.29 is 5.11 Å². The molecule has 0 bridgehead atoms. The molecule has 0 saturated heterocycles. The van der Waals surface area contributed by atoms with Crippen molar-refractivity contribution in [2.45, 2.75) is 45.3 Å². The van der Waals surface area contributed by atoms with Crippen LogP contribution in [-0.4, -0.2) is 16.6 Å². The number of hydrogen-bond acceptors (Lipinski definition) is 4. The van der Waals surface area contributed by atoms with Crippen LogP contribution >= 0.6 is 11.3 Å². The maximum Gasteiger partial charge on any atom is 0.102 e. The van der Waals surface area contributed by atoms with Gasteiger partial charge in [0.25, 0.3) is 0 Å². The lowest BCUT2D eigenvalue weighted by Crippen LogP contribution is -2.40. The normalized spacial score (nSPS) is 21.3. The van der Waals surface area contributed by atoms with Crippen molar-refractivity contribution in [1.29, 1.82) is 0 Å². The minimum Gasteiger partial charge on any atom is -0.384 e. The number of rotatable bonds is 4. The van der Waals surface area contributed by atoms with Crippen LogP contribution in [-0.2, 0) is 18.6 Å². The summed E-state index contributed by atoms with van der Waals surface area (Å²) in [5.74, 6) is 0. The second-order valence-electron chi connectivity index (χ2n) is 5.89. The van der Waals surface area contributed by atoms with E-state index in [0.717, 1.165) is 42.1 Å². The second kappa shape index (κ2) is 5.87. The van der Waals surface area contributed by atoms with Crippen molar-refractivity contribution >= 4 is 11.3 Å². The van der Waals surface area contributed by atoms with Crippen LogP contribution in [0.3, 0.4) is 0 Å². The van der Waals surface area contributed by atoms with Gasteiger partial charge >= 0.3 is 0 Å². The van der Waals surface area contributed by atoms with E-state index >= 15 is 0 Å². The van der Waals surface area contributed by atoms with Gasteiger partial charge in [-0.1, -0.05) is 24.3 Å². The van der Waals surface area contributed by atoms with E-state index in [0.29, 0.717) is 6.54 Å². The van der Waals surface area contributed by atoms with Crippen LogP contribution in [0.2, 0.25) is 0 Å². The van der Waals surface area contributed by atoms with E-state index in [1.165, 1.54) is 10.4 Å². The molecule has 0 aliphatic heterocycles. The van der Waals surface area contributed by atoms with Gasteiger partial charge in [0.05, 0.1) is 10.7 Å². The van der Waals surface area contributed by atoms with Gasteiger partial charge in [0.1, 0.15) is 5.60 Å². The van der Waals surface area contributed by atoms with Gasteiger partial charge < -0.3 is 10.4 Å². The van der Waals surface area contributed by atoms with Crippen molar-refractivity contribution in [3.05, 3.63) is 51.0 Å². The zero-order valence-electron chi connectivity index (χ0n) is 12.6. The first-order valence-electron chi connectivity index (χ1n) is 7.53. The highest BCUT2D eigenvalue weighted by atomic mass is 32.1. The Balaban J connectivity index is 1.69. The number of nitrogens with zero attached hydrogens (tertiary/aromatic N) is 1. The first-order valence-corrected chi connectivity index (χ1v) is 8.34. The lowest BCUT2D eigenvalue weighted by Gasteiger charge is -2.34. The molecule has 4 heteroatoms. The molecule has 3 nitrogen and oxygen atoms in total. The lowest BCUT2D eigenvalue weighted by molar-refractivity contribution is 0.0190. The molecule has 0 fully saturated rings. The third kappa shape index (κ3) is 3.03. The van der Waals surface area contributed by atoms with Crippen LogP contribution in [0.1, 0.15) is 39.5 Å². The molecule has 1 aromatic heterocycles. The fraction of sp³-hybridized carbons (Fsp3) is 0.471. The van der Waals surface area contributed by atoms with E-state index in [2.05, 4.69) is 28.5 Å². The largest absolute Gasteiger partial charge is 0.384 e. The molecule has 0 radical (unpaired) electrons. The minimum absolute atomic E-state index is 0.598. The maximum atomic E-state index is 11.0. The molecule has 1 aromatic carbocycles. The molecular formula is C17H22N2OS. The predicted molar refractivity (Wildman–Crippen MR) is 86.6 cm³/mol. The SMILES string of the molecule is Cc1nc(C)c(CNCC2(O)CCCc3ccccc32)s1. The zero-order valence-corrected chi connectivity index (χ0v) is 13.5. The Morgan fingerprint density at radius 3 is 2.90 bits per heavy atom. The number of benzene rings is 1. The molecule has 2 aromatic rings. The van der Waals surface area contributed by atoms with E-state index in [1.807, 2.05) is 19.9 Å². The van der Waals surface area contributed by atoms with Gasteiger partial charge in [-0.15, -0.1) is 11.3 Å². The number of nitrogens with one attached hydrogen (secondary N) is 1. The highest BCUT2D eigenvalue weighted by molar-refractivity contribution is 7.11. The molecular weight excluding hydrogens is 280 g/mol. The summed E-state index contributed by atoms with van der Waals surface area (Å²) >= 11 is 1.73. The molecule has 0 spiro atoms. The highest BCUT2D eigenvalue weighted by Crippen LogP contribution is 2.34. The molecule has 2 N–H and O–H groups in total. The summed E-state index contributed by atoms with van der Waals surface area (Å²) in [6, 6.07) is 8.28. The number of hydrogen-bond donors (Lipinski definition) is 2. The van der Waals surface area contributed by atoms with Crippen LogP contribution < -0.4 is 5.32 Å². The molecule has 1 unspecified atom stereocenters. The minimum atomic E-state index is -0.734. The molecule has 21 heavy (non-hydrogen) atoms. The Labute approximate surface area is 130 Å². The summed E-state index contributed by atoms with van der Waals surface area (Å²) in [5.41, 5.74) is 2.75. The number of fused-ring (bicyclic) bond motifs is 1. The van der Waals surface area contributed by atoms with Crippen molar-refractivity contribution in [1.82, 2.24) is 10.3 Å². The van der Waals surface area contributed by atoms with Gasteiger partial charge in [-0.25, -0.2) is 4.98 Å². The Bertz CT molecular complexity index is 637. The number of aryl methyl sites for hydroxylation is 3. The first-order chi connectivity index (χ1) is 10.1. The van der Waals surface area contributed by atoms with Gasteiger partial charge in [0, 0.05) is 18.0 Å². The molecule has 1 heterocycles. The van der Waals surface area contributed by atoms with Gasteiger partial charge in [-0.05, 0) is 44.2 Å². The van der Waals surface area contributed by atoms with Crippen LogP contribution in [0.4, 0.5) is 0 Å². The summed E-state index contributed by atoms with van der Waals surface area (Å²) in [5, 5.41) is 15.5. The molecule has 112 valence electrons. The molecule has 3 rings (SSSR count). The Morgan fingerprint density at radius 1 is 1.33 bits per heavy atom. The molecule has 1 aliphatic rings. The standard InChI is InChI=1S/C17H22N2OS/c1-12-16(21-13(2)19-12)10-18-11-17(20)9-5-7-14-6-3-4-8-15(14)17/h3-4,6,8,18,20H,5,7,9-11H2,1-2H3. The summed E-state index contributed by atoms with van der Waals surface area (Å²) < 4.78 is 0. The van der Waals surface area contributed by atoms with Crippen molar-refractivity contribution in [3.63, 3.8) is 0 Å². The third-order valence-corrected chi connectivity index (χ3v) is 5.33. The van der Waals surface area contributed by atoms with Crippen LogP contribution in [0.5, 0.6) is 0 Å². The van der Waals surface area contributed by atoms with Crippen LogP contribution in [0, 0.1) is 13.8 Å². The smallest absolute Gasteiger partial charge is 0.102 e. The molecule has 1 atom stereocenters. The monoisotopic (exact) mass is 302 g/mol. The average Bonchev–Trinajstić information content (AvgIpc) is 2.78. The quantitative estimate of drug-likeness (QED) is 0.912. The molecule has 0 saturated carbocycles. The fourth-order valence-electron chi connectivity index (χ4n) is 3.20. The van der Waals surface area contributed by atoms with Gasteiger partial charge in [0.15, 0.2) is 0 Å². The van der Waals surface area contributed by atoms with Crippen molar-refractivity contribution in [3.8, 4) is 0 Å². The Morgan fingerprint density at radius 2 is 2.14 bits per heavy atom. The highest BCUT2D eigenvalue weighted by Gasteiger charge is 2.33. The lowest BCUT2D eigenvalue weighted by atomic mass is 9.79. The van der Waals surface area contributed by atoms with Crippen LogP contribution in [0.25, 0.3) is 0 Å². The summed E-state index contributed by atoms with van der Waals surface area (Å²) in [7, 11) is 0. The van der Waals surface area contributed by atoms with Crippen molar-refractivity contribution in [2.75, 3.05) is 6.54 Å². The Kier molecular flexibility index (Phi) is 4.11. The topological polar surface area (TPSA) is 45.2 Å². The van der Waals surface area contributed by atoms with E-state index in [-0.39, 0.29) is 0 Å².